The topological polar surface area (TPSA) is 42.0 Å². The molecule has 4 heteroatoms. The van der Waals surface area contributed by atoms with Crippen molar-refractivity contribution in [2.75, 3.05) is 0 Å². The van der Waals surface area contributed by atoms with E-state index in [0.717, 1.165) is 27.7 Å². The maximum atomic E-state index is 13.2. The van der Waals surface area contributed by atoms with Crippen LogP contribution in [-0.4, -0.2) is 10.9 Å². The fraction of sp³-hybridized carbons (Fsp3) is 0.154. The summed E-state index contributed by atoms with van der Waals surface area (Å²) in [6, 6.07) is 23.3. The van der Waals surface area contributed by atoms with E-state index in [2.05, 4.69) is 37.4 Å². The molecule has 30 heavy (non-hydrogen) atoms. The predicted octanol–water partition coefficient (Wildman–Crippen LogP) is 6.66. The summed E-state index contributed by atoms with van der Waals surface area (Å²) in [5.41, 5.74) is 6.65. The van der Waals surface area contributed by atoms with Crippen LogP contribution in [0.15, 0.2) is 72.8 Å². The average Bonchev–Trinajstić information content (AvgIpc) is 2.75. The predicted molar refractivity (Wildman–Crippen MR) is 124 cm³/mol. The Labute approximate surface area is 181 Å². The molecule has 1 amide bonds. The Balaban J connectivity index is 1.74. The number of benzene rings is 3. The summed E-state index contributed by atoms with van der Waals surface area (Å²) >= 11 is 5.99. The van der Waals surface area contributed by atoms with Crippen molar-refractivity contribution in [3.8, 4) is 11.3 Å². The molecule has 1 atom stereocenters. The van der Waals surface area contributed by atoms with Crippen LogP contribution in [0.2, 0.25) is 5.02 Å². The number of hydrogen-bond donors (Lipinski definition) is 1. The normalized spacial score (nSPS) is 12.0. The Kier molecular flexibility index (Phi) is 5.56. The Morgan fingerprint density at radius 3 is 2.40 bits per heavy atom. The highest BCUT2D eigenvalue weighted by molar-refractivity contribution is 6.30. The summed E-state index contributed by atoms with van der Waals surface area (Å²) in [6.07, 6.45) is 0. The van der Waals surface area contributed by atoms with Gasteiger partial charge in [0.15, 0.2) is 0 Å². The van der Waals surface area contributed by atoms with E-state index in [9.17, 15) is 4.79 Å². The van der Waals surface area contributed by atoms with Crippen LogP contribution in [-0.2, 0) is 0 Å². The molecule has 4 rings (SSSR count). The zero-order valence-corrected chi connectivity index (χ0v) is 18.0. The first kappa shape index (κ1) is 20.1. The lowest BCUT2D eigenvalue weighted by molar-refractivity contribution is 0.0941. The lowest BCUT2D eigenvalue weighted by Gasteiger charge is -2.16. The van der Waals surface area contributed by atoms with Crippen LogP contribution in [0.1, 0.15) is 40.0 Å². The van der Waals surface area contributed by atoms with Crippen LogP contribution in [0.25, 0.3) is 22.2 Å². The van der Waals surface area contributed by atoms with Gasteiger partial charge in [0.2, 0.25) is 0 Å². The van der Waals surface area contributed by atoms with E-state index in [4.69, 9.17) is 16.6 Å². The van der Waals surface area contributed by atoms with Gasteiger partial charge in [-0.3, -0.25) is 4.79 Å². The van der Waals surface area contributed by atoms with Gasteiger partial charge in [-0.1, -0.05) is 54.1 Å². The lowest BCUT2D eigenvalue weighted by Crippen LogP contribution is -2.27. The quantitative estimate of drug-likeness (QED) is 0.405. The van der Waals surface area contributed by atoms with E-state index in [1.165, 1.54) is 11.1 Å². The lowest BCUT2D eigenvalue weighted by atomic mass is 10.00. The second-order valence-corrected chi connectivity index (χ2v) is 8.05. The molecule has 3 nitrogen and oxygen atoms in total. The number of hydrogen-bond acceptors (Lipinski definition) is 2. The van der Waals surface area contributed by atoms with E-state index in [1.54, 1.807) is 0 Å². The first-order chi connectivity index (χ1) is 14.4. The molecule has 3 aromatic carbocycles. The Morgan fingerprint density at radius 2 is 1.67 bits per heavy atom. The Morgan fingerprint density at radius 1 is 0.933 bits per heavy atom. The van der Waals surface area contributed by atoms with Crippen LogP contribution in [0.3, 0.4) is 0 Å². The first-order valence-electron chi connectivity index (χ1n) is 9.96. The molecule has 1 N–H and O–H groups in total. The number of aromatic nitrogens is 1. The van der Waals surface area contributed by atoms with Crippen LogP contribution in [0, 0.1) is 13.8 Å². The van der Waals surface area contributed by atoms with Crippen LogP contribution in [0.5, 0.6) is 0 Å². The van der Waals surface area contributed by atoms with Gasteiger partial charge in [0, 0.05) is 16.0 Å². The maximum absolute atomic E-state index is 13.2. The van der Waals surface area contributed by atoms with Crippen molar-refractivity contribution in [1.29, 1.82) is 0 Å². The highest BCUT2D eigenvalue weighted by atomic mass is 35.5. The highest BCUT2D eigenvalue weighted by Gasteiger charge is 2.17. The number of aryl methyl sites for hydroxylation is 2. The molecule has 0 saturated heterocycles. The zero-order valence-electron chi connectivity index (χ0n) is 17.2. The smallest absolute Gasteiger partial charge is 0.252 e. The minimum absolute atomic E-state index is 0.124. The molecular formula is C26H23ClN2O. The summed E-state index contributed by atoms with van der Waals surface area (Å²) in [5, 5.41) is 4.63. The van der Waals surface area contributed by atoms with Crippen molar-refractivity contribution in [2.45, 2.75) is 26.8 Å². The number of carbonyl (C=O) groups excluding carboxylic acids is 1. The third kappa shape index (κ3) is 4.07. The van der Waals surface area contributed by atoms with Gasteiger partial charge in [0.25, 0.3) is 5.91 Å². The largest absolute Gasteiger partial charge is 0.345 e. The molecule has 150 valence electrons. The van der Waals surface area contributed by atoms with Crippen molar-refractivity contribution < 1.29 is 4.79 Å². The average molecular weight is 415 g/mol. The molecule has 0 aliphatic rings. The molecular weight excluding hydrogens is 392 g/mol. The van der Waals surface area contributed by atoms with Gasteiger partial charge in [-0.15, -0.1) is 0 Å². The standard InChI is InChI=1S/C26H23ClN2O/c1-16-8-9-20(14-17(16)2)25-15-23(22-6-4-5-7-24(22)29-25)26(30)28-18(3)19-10-12-21(27)13-11-19/h4-15,18H,1-3H3,(H,28,30)/t18-/m0/s1. The Hall–Kier alpha value is -3.17. The van der Waals surface area contributed by atoms with Crippen molar-refractivity contribution in [3.63, 3.8) is 0 Å². The molecule has 0 saturated carbocycles. The molecule has 4 aromatic rings. The zero-order chi connectivity index (χ0) is 21.3. The van der Waals surface area contributed by atoms with Gasteiger partial charge in [-0.2, -0.15) is 0 Å². The van der Waals surface area contributed by atoms with Crippen molar-refractivity contribution in [3.05, 3.63) is 100 Å². The monoisotopic (exact) mass is 414 g/mol. The third-order valence-electron chi connectivity index (χ3n) is 5.48. The molecule has 0 spiro atoms. The van der Waals surface area contributed by atoms with Gasteiger partial charge >= 0.3 is 0 Å². The molecule has 0 bridgehead atoms. The number of halogens is 1. The molecule has 1 aromatic heterocycles. The van der Waals surface area contributed by atoms with E-state index < -0.39 is 0 Å². The van der Waals surface area contributed by atoms with Crippen molar-refractivity contribution in [1.82, 2.24) is 10.3 Å². The van der Waals surface area contributed by atoms with E-state index in [1.807, 2.05) is 61.5 Å². The second kappa shape index (κ2) is 8.29. The summed E-state index contributed by atoms with van der Waals surface area (Å²) in [5.74, 6) is -0.124. The molecule has 0 aliphatic carbocycles. The molecule has 0 aliphatic heterocycles. The van der Waals surface area contributed by atoms with Crippen LogP contribution in [0.4, 0.5) is 0 Å². The molecule has 1 heterocycles. The number of nitrogens with zero attached hydrogens (tertiary/aromatic N) is 1. The van der Waals surface area contributed by atoms with Gasteiger partial charge < -0.3 is 5.32 Å². The Bertz CT molecular complexity index is 1230. The molecule has 0 unspecified atom stereocenters. The minimum Gasteiger partial charge on any atom is -0.345 e. The van der Waals surface area contributed by atoms with Gasteiger partial charge in [-0.05, 0) is 67.8 Å². The fourth-order valence-electron chi connectivity index (χ4n) is 3.52. The first-order valence-corrected chi connectivity index (χ1v) is 10.3. The highest BCUT2D eigenvalue weighted by Crippen LogP contribution is 2.27. The molecule has 0 fully saturated rings. The summed E-state index contributed by atoms with van der Waals surface area (Å²) < 4.78 is 0. The number of nitrogens with one attached hydrogen (secondary N) is 1. The number of fused-ring (bicyclic) bond motifs is 1. The van der Waals surface area contributed by atoms with E-state index in [-0.39, 0.29) is 11.9 Å². The van der Waals surface area contributed by atoms with Crippen molar-refractivity contribution >= 4 is 28.4 Å². The van der Waals surface area contributed by atoms with Gasteiger partial charge in [0.05, 0.1) is 22.8 Å². The van der Waals surface area contributed by atoms with Gasteiger partial charge in [0.1, 0.15) is 0 Å². The number of amides is 1. The van der Waals surface area contributed by atoms with Crippen LogP contribution < -0.4 is 5.32 Å². The number of rotatable bonds is 4. The SMILES string of the molecule is Cc1ccc(-c2cc(C(=O)N[C@@H](C)c3ccc(Cl)cc3)c3ccccc3n2)cc1C. The van der Waals surface area contributed by atoms with E-state index in [0.29, 0.717) is 10.6 Å². The van der Waals surface area contributed by atoms with Crippen molar-refractivity contribution in [2.24, 2.45) is 0 Å². The van der Waals surface area contributed by atoms with Gasteiger partial charge in [-0.25, -0.2) is 4.98 Å². The fourth-order valence-corrected chi connectivity index (χ4v) is 3.65. The number of pyridine rings is 1. The summed E-state index contributed by atoms with van der Waals surface area (Å²) in [6.45, 7) is 6.14. The van der Waals surface area contributed by atoms with Crippen LogP contribution >= 0.6 is 11.6 Å². The third-order valence-corrected chi connectivity index (χ3v) is 5.73. The summed E-state index contributed by atoms with van der Waals surface area (Å²) in [4.78, 5) is 18.1. The number of para-hydroxylation sites is 1. The number of carbonyl (C=O) groups is 1. The summed E-state index contributed by atoms with van der Waals surface area (Å²) in [7, 11) is 0. The second-order valence-electron chi connectivity index (χ2n) is 7.62. The molecule has 0 radical (unpaired) electrons. The maximum Gasteiger partial charge on any atom is 0.252 e. The van der Waals surface area contributed by atoms with E-state index >= 15 is 0 Å². The minimum atomic E-state index is -0.147.